The molecule has 0 amide bonds. The summed E-state index contributed by atoms with van der Waals surface area (Å²) >= 11 is 0. The van der Waals surface area contributed by atoms with Crippen LogP contribution >= 0.6 is 0 Å². The highest BCUT2D eigenvalue weighted by molar-refractivity contribution is 5.66. The van der Waals surface area contributed by atoms with E-state index in [1.165, 1.54) is 12.1 Å². The second-order valence-electron chi connectivity index (χ2n) is 7.42. The molecule has 0 spiro atoms. The van der Waals surface area contributed by atoms with Crippen molar-refractivity contribution < 1.29 is 31.8 Å². The monoisotopic (exact) mass is 424 g/mol. The molecule has 162 valence electrons. The van der Waals surface area contributed by atoms with Gasteiger partial charge in [0, 0.05) is 5.56 Å². The molecule has 1 aliphatic heterocycles. The molecular formula is C23H24F4O3. The molecule has 0 bridgehead atoms. The molecular weight excluding hydrogens is 400 g/mol. The van der Waals surface area contributed by atoms with Crippen LogP contribution in [-0.2, 0) is 33.5 Å². The maximum Gasteiger partial charge on any atom is 0.419 e. The smallest absolute Gasteiger partial charge is 0.371 e. The van der Waals surface area contributed by atoms with E-state index in [1.807, 2.05) is 6.92 Å². The van der Waals surface area contributed by atoms with Crippen molar-refractivity contribution in [1.82, 2.24) is 0 Å². The van der Waals surface area contributed by atoms with Crippen LogP contribution in [0.3, 0.4) is 0 Å². The molecule has 1 heterocycles. The number of carbonyl (C=O) groups is 1. The lowest BCUT2D eigenvalue weighted by atomic mass is 9.96. The van der Waals surface area contributed by atoms with Crippen molar-refractivity contribution in [3.63, 3.8) is 0 Å². The summed E-state index contributed by atoms with van der Waals surface area (Å²) in [5.74, 6) is -1.30. The summed E-state index contributed by atoms with van der Waals surface area (Å²) in [6.07, 6.45) is -2.36. The van der Waals surface area contributed by atoms with Crippen LogP contribution in [0, 0.1) is 5.82 Å². The number of hydrogen-bond acceptors (Lipinski definition) is 3. The van der Waals surface area contributed by atoms with Gasteiger partial charge in [0.15, 0.2) is 0 Å². The van der Waals surface area contributed by atoms with Crippen LogP contribution in [0.2, 0.25) is 0 Å². The molecule has 2 aromatic rings. The summed E-state index contributed by atoms with van der Waals surface area (Å²) < 4.78 is 66.8. The number of aldehydes is 1. The third kappa shape index (κ3) is 5.26. The Balaban J connectivity index is 1.82. The van der Waals surface area contributed by atoms with Gasteiger partial charge in [0.2, 0.25) is 0 Å². The summed E-state index contributed by atoms with van der Waals surface area (Å²) in [6, 6.07) is 9.51. The third-order valence-electron chi connectivity index (χ3n) is 5.21. The molecule has 1 aliphatic rings. The van der Waals surface area contributed by atoms with Crippen molar-refractivity contribution in [2.24, 2.45) is 0 Å². The fourth-order valence-corrected chi connectivity index (χ4v) is 3.60. The van der Waals surface area contributed by atoms with Gasteiger partial charge in [-0.15, -0.1) is 0 Å². The van der Waals surface area contributed by atoms with Crippen molar-refractivity contribution in [1.29, 1.82) is 0 Å². The Labute approximate surface area is 173 Å². The number of alkyl halides is 3. The minimum Gasteiger partial charge on any atom is -0.371 e. The first kappa shape index (κ1) is 22.4. The second-order valence-corrected chi connectivity index (χ2v) is 7.42. The van der Waals surface area contributed by atoms with Crippen molar-refractivity contribution in [2.75, 3.05) is 6.61 Å². The largest absolute Gasteiger partial charge is 0.419 e. The molecule has 0 saturated carbocycles. The summed E-state index contributed by atoms with van der Waals surface area (Å²) in [5, 5.41) is 0. The zero-order valence-electron chi connectivity index (χ0n) is 16.7. The predicted octanol–water partition coefficient (Wildman–Crippen LogP) is 5.73. The molecule has 0 radical (unpaired) electrons. The Kier molecular flexibility index (Phi) is 7.26. The quantitative estimate of drug-likeness (QED) is 0.421. The van der Waals surface area contributed by atoms with E-state index in [2.05, 4.69) is 0 Å². The molecule has 0 aliphatic carbocycles. The first-order valence-corrected chi connectivity index (χ1v) is 9.99. The Hall–Kier alpha value is -2.25. The standard InChI is InChI=1S/C23H24F4O3/c1-2-3-15-4-6-16(7-5-15)20-11-8-17(21(22(20)24)23(25,26)27)13-29-19-10-9-18(12-28)30-14-19/h4-8,11-12,18-19H,2-3,9-10,13-14H2,1H3. The highest BCUT2D eigenvalue weighted by Gasteiger charge is 2.38. The zero-order chi connectivity index (χ0) is 21.7. The van der Waals surface area contributed by atoms with Crippen LogP contribution < -0.4 is 0 Å². The van der Waals surface area contributed by atoms with E-state index in [4.69, 9.17) is 9.47 Å². The van der Waals surface area contributed by atoms with E-state index in [0.717, 1.165) is 18.4 Å². The summed E-state index contributed by atoms with van der Waals surface area (Å²) in [5.41, 5.74) is -0.215. The molecule has 7 heteroatoms. The van der Waals surface area contributed by atoms with Gasteiger partial charge in [-0.25, -0.2) is 4.39 Å². The number of benzene rings is 2. The summed E-state index contributed by atoms with van der Waals surface area (Å²) in [4.78, 5) is 10.7. The van der Waals surface area contributed by atoms with Crippen LogP contribution in [0.25, 0.3) is 11.1 Å². The molecule has 0 N–H and O–H groups in total. The van der Waals surface area contributed by atoms with E-state index in [1.54, 1.807) is 24.3 Å². The zero-order valence-corrected chi connectivity index (χ0v) is 16.7. The van der Waals surface area contributed by atoms with E-state index in [9.17, 15) is 22.4 Å². The number of carbonyl (C=O) groups excluding carboxylic acids is 1. The van der Waals surface area contributed by atoms with E-state index >= 15 is 0 Å². The maximum absolute atomic E-state index is 15.0. The van der Waals surface area contributed by atoms with E-state index in [0.29, 0.717) is 24.7 Å². The van der Waals surface area contributed by atoms with Gasteiger partial charge in [0.05, 0.1) is 24.9 Å². The van der Waals surface area contributed by atoms with Gasteiger partial charge in [-0.3, -0.25) is 0 Å². The van der Waals surface area contributed by atoms with Crippen LogP contribution in [0.15, 0.2) is 36.4 Å². The topological polar surface area (TPSA) is 35.5 Å². The van der Waals surface area contributed by atoms with Crippen LogP contribution in [0.4, 0.5) is 17.6 Å². The second kappa shape index (κ2) is 9.71. The molecule has 1 fully saturated rings. The van der Waals surface area contributed by atoms with Gasteiger partial charge in [-0.2, -0.15) is 13.2 Å². The maximum atomic E-state index is 15.0. The number of halogens is 4. The van der Waals surface area contributed by atoms with Crippen molar-refractivity contribution >= 4 is 6.29 Å². The minimum atomic E-state index is -4.85. The van der Waals surface area contributed by atoms with Gasteiger partial charge in [0.25, 0.3) is 0 Å². The molecule has 0 aromatic heterocycles. The normalized spacial score (nSPS) is 19.6. The van der Waals surface area contributed by atoms with Crippen LogP contribution in [0.1, 0.15) is 42.9 Å². The van der Waals surface area contributed by atoms with Gasteiger partial charge in [-0.1, -0.05) is 49.7 Å². The Morgan fingerprint density at radius 3 is 2.43 bits per heavy atom. The summed E-state index contributed by atoms with van der Waals surface area (Å²) in [6.45, 7) is 1.76. The number of hydrogen-bond donors (Lipinski definition) is 0. The molecule has 1 saturated heterocycles. The van der Waals surface area contributed by atoms with Crippen molar-refractivity contribution in [3.05, 3.63) is 58.9 Å². The molecule has 2 unspecified atom stereocenters. The van der Waals surface area contributed by atoms with Gasteiger partial charge in [0.1, 0.15) is 18.2 Å². The fourth-order valence-electron chi connectivity index (χ4n) is 3.60. The lowest BCUT2D eigenvalue weighted by molar-refractivity contribution is -0.143. The van der Waals surface area contributed by atoms with Gasteiger partial charge >= 0.3 is 6.18 Å². The first-order chi connectivity index (χ1) is 14.3. The summed E-state index contributed by atoms with van der Waals surface area (Å²) in [7, 11) is 0. The van der Waals surface area contributed by atoms with E-state index < -0.39 is 29.8 Å². The number of aryl methyl sites for hydroxylation is 1. The van der Waals surface area contributed by atoms with Gasteiger partial charge in [-0.05, 0) is 36.0 Å². The number of rotatable bonds is 7. The lowest BCUT2D eigenvalue weighted by Crippen LogP contribution is -2.32. The lowest BCUT2D eigenvalue weighted by Gasteiger charge is -2.26. The molecule has 2 atom stereocenters. The van der Waals surface area contributed by atoms with Crippen molar-refractivity contribution in [2.45, 2.75) is 57.6 Å². The average molecular weight is 424 g/mol. The Bertz CT molecular complexity index is 854. The fraction of sp³-hybridized carbons (Fsp3) is 0.435. The average Bonchev–Trinajstić information content (AvgIpc) is 2.72. The predicted molar refractivity (Wildman–Crippen MR) is 104 cm³/mol. The van der Waals surface area contributed by atoms with Gasteiger partial charge < -0.3 is 14.3 Å². The number of ether oxygens (including phenoxy) is 2. The minimum absolute atomic E-state index is 0.0936. The SMILES string of the molecule is CCCc1ccc(-c2ccc(COC3CCC(C=O)OC3)c(C(F)(F)F)c2F)cc1. The third-order valence-corrected chi connectivity index (χ3v) is 5.21. The van der Waals surface area contributed by atoms with Crippen molar-refractivity contribution in [3.8, 4) is 11.1 Å². The van der Waals surface area contributed by atoms with Crippen LogP contribution in [-0.4, -0.2) is 25.1 Å². The molecule has 30 heavy (non-hydrogen) atoms. The van der Waals surface area contributed by atoms with E-state index in [-0.39, 0.29) is 24.3 Å². The Morgan fingerprint density at radius 2 is 1.87 bits per heavy atom. The highest BCUT2D eigenvalue weighted by atomic mass is 19.4. The Morgan fingerprint density at radius 1 is 1.13 bits per heavy atom. The molecule has 3 nitrogen and oxygen atoms in total. The molecule has 2 aromatic carbocycles. The van der Waals surface area contributed by atoms with Crippen LogP contribution in [0.5, 0.6) is 0 Å². The first-order valence-electron chi connectivity index (χ1n) is 9.99. The highest BCUT2D eigenvalue weighted by Crippen LogP contribution is 2.38. The molecule has 3 rings (SSSR count).